The van der Waals surface area contributed by atoms with E-state index in [1.807, 2.05) is 6.92 Å². The number of alkyl halides is 3. The Kier molecular flexibility index (Phi) is 7.62. The van der Waals surface area contributed by atoms with Gasteiger partial charge in [-0.05, 0) is 55.3 Å². The first kappa shape index (κ1) is 27.6. The summed E-state index contributed by atoms with van der Waals surface area (Å²) in [6, 6.07) is 11.1. The summed E-state index contributed by atoms with van der Waals surface area (Å²) in [6.07, 6.45) is -4.46. The fourth-order valence-electron chi connectivity index (χ4n) is 4.82. The van der Waals surface area contributed by atoms with Gasteiger partial charge in [0.25, 0.3) is 0 Å². The number of carbonyl (C=O) groups excluding carboxylic acids is 3. The average Bonchev–Trinajstić information content (AvgIpc) is 2.88. The molecule has 2 aliphatic heterocycles. The number of ether oxygens (including phenoxy) is 2. The molecule has 8 nitrogen and oxygen atoms in total. The first-order chi connectivity index (χ1) is 18.4. The molecule has 2 unspecified atom stereocenters. The van der Waals surface area contributed by atoms with Gasteiger partial charge >= 0.3 is 18.1 Å². The molecule has 1 amide bonds. The van der Waals surface area contributed by atoms with Gasteiger partial charge < -0.3 is 14.8 Å². The summed E-state index contributed by atoms with van der Waals surface area (Å²) in [5.74, 6) is -3.37. The Labute approximate surface area is 222 Å². The number of dihydropyridines is 1. The van der Waals surface area contributed by atoms with Crippen molar-refractivity contribution >= 4 is 23.6 Å². The molecule has 2 N–H and O–H groups in total. The van der Waals surface area contributed by atoms with Crippen LogP contribution >= 0.6 is 0 Å². The van der Waals surface area contributed by atoms with Crippen LogP contribution in [0.1, 0.15) is 49.8 Å². The maximum Gasteiger partial charge on any atom is 0.416 e. The number of amides is 1. The number of methoxy groups -OCH3 is 1. The summed E-state index contributed by atoms with van der Waals surface area (Å²) >= 11 is 0. The van der Waals surface area contributed by atoms with Crippen molar-refractivity contribution in [3.05, 3.63) is 87.8 Å². The minimum Gasteiger partial charge on any atom is -0.466 e. The zero-order valence-electron chi connectivity index (χ0n) is 21.6. The fraction of sp³-hybridized carbons (Fsp3) is 0.286. The number of carbonyl (C=O) groups is 3. The van der Waals surface area contributed by atoms with Crippen LogP contribution in [0, 0.1) is 5.92 Å². The molecule has 0 aromatic heterocycles. The summed E-state index contributed by atoms with van der Waals surface area (Å²) in [6.45, 7) is 4.92. The maximum atomic E-state index is 14.0. The van der Waals surface area contributed by atoms with Gasteiger partial charge in [0.1, 0.15) is 5.75 Å². The van der Waals surface area contributed by atoms with Gasteiger partial charge in [-0.15, -0.1) is 0 Å². The zero-order chi connectivity index (χ0) is 28.5. The monoisotopic (exact) mass is 541 g/mol. The number of allylic oxidation sites excluding steroid dienone is 2. The van der Waals surface area contributed by atoms with Crippen LogP contribution in [0.5, 0.6) is 5.75 Å². The molecule has 0 fully saturated rings. The lowest BCUT2D eigenvalue weighted by molar-refractivity contribution is -0.140. The quantitative estimate of drug-likeness (QED) is 0.424. The fourth-order valence-corrected chi connectivity index (χ4v) is 4.82. The molecule has 39 heavy (non-hydrogen) atoms. The third-order valence-corrected chi connectivity index (χ3v) is 6.58. The number of hydrogen-bond acceptors (Lipinski definition) is 7. The minimum atomic E-state index is -4.74. The van der Waals surface area contributed by atoms with Crippen molar-refractivity contribution in [2.45, 2.75) is 39.3 Å². The molecule has 0 bridgehead atoms. The van der Waals surface area contributed by atoms with Crippen molar-refractivity contribution in [2.75, 3.05) is 7.11 Å². The highest BCUT2D eigenvalue weighted by Gasteiger charge is 2.43. The lowest BCUT2D eigenvalue weighted by Gasteiger charge is -2.31. The van der Waals surface area contributed by atoms with Crippen LogP contribution in [0.25, 0.3) is 0 Å². The van der Waals surface area contributed by atoms with Crippen molar-refractivity contribution in [1.29, 1.82) is 0 Å². The molecule has 2 aromatic rings. The normalized spacial score (nSPS) is 19.7. The number of nitrogens with one attached hydrogen (secondary N) is 2. The van der Waals surface area contributed by atoms with Crippen LogP contribution < -0.4 is 15.5 Å². The molecular weight excluding hydrogens is 515 g/mol. The predicted octanol–water partition coefficient (Wildman–Crippen LogP) is 4.58. The number of benzene rings is 2. The lowest BCUT2D eigenvalue weighted by Crippen LogP contribution is -2.34. The molecule has 2 heterocycles. The highest BCUT2D eigenvalue weighted by atomic mass is 19.4. The Hall–Kier alpha value is -4.41. The van der Waals surface area contributed by atoms with E-state index in [-0.39, 0.29) is 52.1 Å². The Balaban J connectivity index is 1.72. The number of esters is 2. The molecule has 4 rings (SSSR count). The zero-order valence-corrected chi connectivity index (χ0v) is 21.6. The van der Waals surface area contributed by atoms with Crippen LogP contribution in [-0.4, -0.2) is 30.7 Å². The van der Waals surface area contributed by atoms with Gasteiger partial charge in [0.15, 0.2) is 0 Å². The first-order valence-corrected chi connectivity index (χ1v) is 12.0. The lowest BCUT2D eigenvalue weighted by atomic mass is 9.78. The van der Waals surface area contributed by atoms with Gasteiger partial charge in [-0.2, -0.15) is 18.3 Å². The van der Waals surface area contributed by atoms with E-state index in [0.29, 0.717) is 11.3 Å². The number of hydrazone groups is 1. The van der Waals surface area contributed by atoms with Crippen LogP contribution in [0.2, 0.25) is 0 Å². The predicted molar refractivity (Wildman–Crippen MR) is 135 cm³/mol. The van der Waals surface area contributed by atoms with Gasteiger partial charge in [0.05, 0.1) is 35.4 Å². The minimum absolute atomic E-state index is 0.116. The van der Waals surface area contributed by atoms with Crippen LogP contribution in [-0.2, 0) is 25.3 Å². The van der Waals surface area contributed by atoms with Crippen molar-refractivity contribution in [2.24, 2.45) is 11.0 Å². The molecule has 0 saturated heterocycles. The Morgan fingerprint density at radius 3 is 2.18 bits per heavy atom. The largest absolute Gasteiger partial charge is 0.466 e. The van der Waals surface area contributed by atoms with E-state index in [2.05, 4.69) is 15.8 Å². The summed E-state index contributed by atoms with van der Waals surface area (Å²) in [5, 5.41) is 7.01. The second kappa shape index (κ2) is 10.8. The number of halogens is 3. The molecule has 11 heteroatoms. The molecule has 2 aromatic carbocycles. The molecule has 2 atom stereocenters. The number of rotatable bonds is 5. The second-order valence-electron chi connectivity index (χ2n) is 9.26. The van der Waals surface area contributed by atoms with Gasteiger partial charge in [-0.25, -0.2) is 15.0 Å². The SMILES string of the molecule is COC(=O)C1=C(C)NC(C)=C(C(=O)Oc2ccc(C3=NNC(=O)CC3C)cc2)C1c1ccccc1C(F)(F)F. The van der Waals surface area contributed by atoms with E-state index >= 15 is 0 Å². The maximum absolute atomic E-state index is 14.0. The standard InChI is InChI=1S/C28H26F3N3O5/c1-14-13-21(35)33-34-25(14)17-9-11-18(12-10-17)39-27(37)23-16(3)32-15(2)22(26(36)38-4)24(23)19-7-5-6-8-20(19)28(29,30)31/h5-12,14,24,32H,13H2,1-4H3,(H,33,35). The summed E-state index contributed by atoms with van der Waals surface area (Å²) < 4.78 is 52.5. The van der Waals surface area contributed by atoms with Gasteiger partial charge in [0, 0.05) is 23.7 Å². The molecular formula is C28H26F3N3O5. The van der Waals surface area contributed by atoms with E-state index in [1.54, 1.807) is 12.1 Å². The smallest absolute Gasteiger partial charge is 0.416 e. The van der Waals surface area contributed by atoms with Gasteiger partial charge in [-0.3, -0.25) is 4.79 Å². The first-order valence-electron chi connectivity index (χ1n) is 12.0. The summed E-state index contributed by atoms with van der Waals surface area (Å²) in [7, 11) is 1.11. The van der Waals surface area contributed by atoms with E-state index in [9.17, 15) is 27.6 Å². The molecule has 0 radical (unpaired) electrons. The van der Waals surface area contributed by atoms with E-state index in [1.165, 1.54) is 44.2 Å². The highest BCUT2D eigenvalue weighted by molar-refractivity contribution is 6.06. The molecule has 0 aliphatic carbocycles. The molecule has 204 valence electrons. The summed E-state index contributed by atoms with van der Waals surface area (Å²) in [4.78, 5) is 37.8. The van der Waals surface area contributed by atoms with E-state index < -0.39 is 29.6 Å². The van der Waals surface area contributed by atoms with Crippen molar-refractivity contribution < 1.29 is 37.0 Å². The second-order valence-corrected chi connectivity index (χ2v) is 9.26. The third-order valence-electron chi connectivity index (χ3n) is 6.58. The molecule has 0 saturated carbocycles. The Morgan fingerprint density at radius 1 is 0.974 bits per heavy atom. The van der Waals surface area contributed by atoms with Gasteiger partial charge in [-0.1, -0.05) is 25.1 Å². The number of nitrogens with zero attached hydrogens (tertiary/aromatic N) is 1. The van der Waals surface area contributed by atoms with Gasteiger partial charge in [0.2, 0.25) is 5.91 Å². The summed E-state index contributed by atoms with van der Waals surface area (Å²) in [5.41, 5.74) is 2.76. The Bertz CT molecular complexity index is 1420. The van der Waals surface area contributed by atoms with Crippen molar-refractivity contribution in [3.8, 4) is 5.75 Å². The number of hydrogen-bond donors (Lipinski definition) is 2. The average molecular weight is 542 g/mol. The Morgan fingerprint density at radius 2 is 1.59 bits per heavy atom. The van der Waals surface area contributed by atoms with Crippen molar-refractivity contribution in [3.63, 3.8) is 0 Å². The third kappa shape index (κ3) is 5.57. The van der Waals surface area contributed by atoms with E-state index in [0.717, 1.165) is 13.2 Å². The van der Waals surface area contributed by atoms with Crippen molar-refractivity contribution in [1.82, 2.24) is 10.7 Å². The molecule has 0 spiro atoms. The van der Waals surface area contributed by atoms with Crippen LogP contribution in [0.4, 0.5) is 13.2 Å². The van der Waals surface area contributed by atoms with Crippen LogP contribution in [0.3, 0.4) is 0 Å². The molecule has 2 aliphatic rings. The van der Waals surface area contributed by atoms with Crippen LogP contribution in [0.15, 0.2) is 76.2 Å². The highest BCUT2D eigenvalue weighted by Crippen LogP contribution is 2.44. The topological polar surface area (TPSA) is 106 Å². The van der Waals surface area contributed by atoms with E-state index in [4.69, 9.17) is 9.47 Å².